The Hall–Kier alpha value is -1.38. The summed E-state index contributed by atoms with van der Waals surface area (Å²) in [6.45, 7) is 1.00. The highest BCUT2D eigenvalue weighted by atomic mass is 16.2. The van der Waals surface area contributed by atoms with E-state index in [1.165, 1.54) is 21.9 Å². The van der Waals surface area contributed by atoms with Gasteiger partial charge >= 0.3 is 0 Å². The molecule has 2 heteroatoms. The first-order valence-corrected chi connectivity index (χ1v) is 6.66. The summed E-state index contributed by atoms with van der Waals surface area (Å²) in [6, 6.07) is 13.2. The zero-order chi connectivity index (χ0) is 12.8. The van der Waals surface area contributed by atoms with Crippen molar-refractivity contribution in [2.75, 3.05) is 13.2 Å². The van der Waals surface area contributed by atoms with Crippen LogP contribution >= 0.6 is 0 Å². The van der Waals surface area contributed by atoms with Crippen molar-refractivity contribution in [1.82, 2.24) is 0 Å². The molecule has 0 unspecified atom stereocenters. The molecule has 96 valence electrons. The predicted molar refractivity (Wildman–Crippen MR) is 76.7 cm³/mol. The van der Waals surface area contributed by atoms with Gasteiger partial charge in [0.15, 0.2) is 0 Å². The Morgan fingerprint density at radius 3 is 2.00 bits per heavy atom. The van der Waals surface area contributed by atoms with Gasteiger partial charge in [-0.1, -0.05) is 36.4 Å². The Kier molecular flexibility index (Phi) is 4.73. The van der Waals surface area contributed by atoms with Gasteiger partial charge in [0.2, 0.25) is 0 Å². The van der Waals surface area contributed by atoms with E-state index in [2.05, 4.69) is 36.4 Å². The molecular weight excluding hydrogens is 222 g/mol. The number of hydrogen-bond donors (Lipinski definition) is 2. The van der Waals surface area contributed by atoms with Gasteiger partial charge in [-0.3, -0.25) is 0 Å². The quantitative estimate of drug-likeness (QED) is 0.819. The van der Waals surface area contributed by atoms with Crippen molar-refractivity contribution in [3.8, 4) is 0 Å². The number of nitrogens with two attached hydrogens (primary N) is 1. The topological polar surface area (TPSA) is 46.2 Å². The molecule has 0 saturated carbocycles. The normalized spacial score (nSPS) is 11.0. The summed E-state index contributed by atoms with van der Waals surface area (Å²) in [6.07, 6.45) is 3.86. The molecule has 0 amide bonds. The first kappa shape index (κ1) is 13.1. The van der Waals surface area contributed by atoms with E-state index in [0.717, 1.165) is 32.2 Å². The molecule has 0 heterocycles. The van der Waals surface area contributed by atoms with Gasteiger partial charge < -0.3 is 10.8 Å². The Morgan fingerprint density at radius 1 is 0.833 bits per heavy atom. The fourth-order valence-electron chi connectivity index (χ4n) is 2.25. The number of fused-ring (bicyclic) bond motifs is 1. The molecule has 0 bridgehead atoms. The van der Waals surface area contributed by atoms with Crippen LogP contribution in [0.15, 0.2) is 36.4 Å². The molecule has 2 aromatic carbocycles. The minimum Gasteiger partial charge on any atom is -0.396 e. The largest absolute Gasteiger partial charge is 0.396 e. The summed E-state index contributed by atoms with van der Waals surface area (Å²) < 4.78 is 0. The number of aryl methyl sites for hydroxylation is 2. The summed E-state index contributed by atoms with van der Waals surface area (Å²) in [7, 11) is 0. The van der Waals surface area contributed by atoms with Crippen LogP contribution in [-0.4, -0.2) is 18.3 Å². The van der Waals surface area contributed by atoms with Crippen LogP contribution in [0.3, 0.4) is 0 Å². The van der Waals surface area contributed by atoms with Crippen molar-refractivity contribution in [1.29, 1.82) is 0 Å². The van der Waals surface area contributed by atoms with E-state index in [9.17, 15) is 0 Å². The van der Waals surface area contributed by atoms with Crippen molar-refractivity contribution < 1.29 is 5.11 Å². The fraction of sp³-hybridized carbons (Fsp3) is 0.375. The SMILES string of the molecule is NCCCc1ccc2ccc(CCCO)cc2c1. The summed E-state index contributed by atoms with van der Waals surface area (Å²) in [5.74, 6) is 0. The number of benzene rings is 2. The van der Waals surface area contributed by atoms with E-state index in [4.69, 9.17) is 10.8 Å². The third-order valence-corrected chi connectivity index (χ3v) is 3.26. The number of aliphatic hydroxyl groups is 1. The molecule has 0 atom stereocenters. The molecular formula is C16H21NO. The van der Waals surface area contributed by atoms with E-state index in [1.54, 1.807) is 0 Å². The Bertz CT molecular complexity index is 465. The molecule has 0 aliphatic heterocycles. The lowest BCUT2D eigenvalue weighted by Gasteiger charge is -2.06. The van der Waals surface area contributed by atoms with Crippen LogP contribution in [0.2, 0.25) is 0 Å². The van der Waals surface area contributed by atoms with E-state index in [0.29, 0.717) is 0 Å². The highest BCUT2D eigenvalue weighted by molar-refractivity contribution is 5.83. The average molecular weight is 243 g/mol. The lowest BCUT2D eigenvalue weighted by atomic mass is 10.0. The highest BCUT2D eigenvalue weighted by Crippen LogP contribution is 2.19. The Balaban J connectivity index is 2.22. The van der Waals surface area contributed by atoms with Crippen molar-refractivity contribution in [3.63, 3.8) is 0 Å². The van der Waals surface area contributed by atoms with Gasteiger partial charge in [0.25, 0.3) is 0 Å². The number of hydrogen-bond acceptors (Lipinski definition) is 2. The molecule has 3 N–H and O–H groups in total. The van der Waals surface area contributed by atoms with Crippen LogP contribution in [0.1, 0.15) is 24.0 Å². The average Bonchev–Trinajstić information content (AvgIpc) is 2.42. The van der Waals surface area contributed by atoms with Crippen molar-refractivity contribution >= 4 is 10.8 Å². The molecule has 0 fully saturated rings. The molecule has 0 aliphatic carbocycles. The van der Waals surface area contributed by atoms with Crippen molar-refractivity contribution in [2.45, 2.75) is 25.7 Å². The van der Waals surface area contributed by atoms with Crippen molar-refractivity contribution in [3.05, 3.63) is 47.5 Å². The zero-order valence-electron chi connectivity index (χ0n) is 10.7. The molecule has 2 aromatic rings. The van der Waals surface area contributed by atoms with E-state index in [-0.39, 0.29) is 6.61 Å². The van der Waals surface area contributed by atoms with Gasteiger partial charge in [0.1, 0.15) is 0 Å². The smallest absolute Gasteiger partial charge is 0.0434 e. The van der Waals surface area contributed by atoms with Crippen LogP contribution < -0.4 is 5.73 Å². The van der Waals surface area contributed by atoms with E-state index in [1.807, 2.05) is 0 Å². The van der Waals surface area contributed by atoms with E-state index < -0.39 is 0 Å². The van der Waals surface area contributed by atoms with Gasteiger partial charge in [-0.05, 0) is 54.1 Å². The first-order valence-electron chi connectivity index (χ1n) is 6.66. The second kappa shape index (κ2) is 6.53. The lowest BCUT2D eigenvalue weighted by Crippen LogP contribution is -2.00. The maximum atomic E-state index is 8.87. The standard InChI is InChI=1S/C16H21NO/c17-9-1-3-13-5-7-15-8-6-14(4-2-10-18)12-16(15)11-13/h5-8,11-12,18H,1-4,9-10,17H2. The minimum absolute atomic E-state index is 0.259. The third kappa shape index (κ3) is 3.31. The van der Waals surface area contributed by atoms with Gasteiger partial charge in [-0.15, -0.1) is 0 Å². The summed E-state index contributed by atoms with van der Waals surface area (Å²) in [5.41, 5.74) is 8.20. The molecule has 0 aromatic heterocycles. The molecule has 0 radical (unpaired) electrons. The molecule has 0 saturated heterocycles. The zero-order valence-corrected chi connectivity index (χ0v) is 10.7. The van der Waals surface area contributed by atoms with Gasteiger partial charge in [0, 0.05) is 6.61 Å². The molecule has 0 aliphatic rings. The summed E-state index contributed by atoms with van der Waals surface area (Å²) in [5, 5.41) is 11.4. The van der Waals surface area contributed by atoms with Crippen LogP contribution in [0.25, 0.3) is 10.8 Å². The number of aliphatic hydroxyl groups excluding tert-OH is 1. The van der Waals surface area contributed by atoms with Gasteiger partial charge in [0.05, 0.1) is 0 Å². The molecule has 2 nitrogen and oxygen atoms in total. The summed E-state index contributed by atoms with van der Waals surface area (Å²) >= 11 is 0. The lowest BCUT2D eigenvalue weighted by molar-refractivity contribution is 0.288. The molecule has 2 rings (SSSR count). The monoisotopic (exact) mass is 243 g/mol. The van der Waals surface area contributed by atoms with Crippen molar-refractivity contribution in [2.24, 2.45) is 5.73 Å². The van der Waals surface area contributed by atoms with Crippen LogP contribution in [0, 0.1) is 0 Å². The molecule has 0 spiro atoms. The number of rotatable bonds is 6. The van der Waals surface area contributed by atoms with Crippen LogP contribution in [-0.2, 0) is 12.8 Å². The second-order valence-electron chi connectivity index (χ2n) is 4.74. The minimum atomic E-state index is 0.259. The summed E-state index contributed by atoms with van der Waals surface area (Å²) in [4.78, 5) is 0. The molecule has 18 heavy (non-hydrogen) atoms. The maximum absolute atomic E-state index is 8.87. The predicted octanol–water partition coefficient (Wildman–Crippen LogP) is 2.66. The van der Waals surface area contributed by atoms with Crippen LogP contribution in [0.4, 0.5) is 0 Å². The third-order valence-electron chi connectivity index (χ3n) is 3.26. The van der Waals surface area contributed by atoms with Gasteiger partial charge in [-0.2, -0.15) is 0 Å². The van der Waals surface area contributed by atoms with Crippen LogP contribution in [0.5, 0.6) is 0 Å². The fourth-order valence-corrected chi connectivity index (χ4v) is 2.25. The Labute approximate surface area is 108 Å². The first-order chi connectivity index (χ1) is 8.83. The maximum Gasteiger partial charge on any atom is 0.0434 e. The second-order valence-corrected chi connectivity index (χ2v) is 4.74. The van der Waals surface area contributed by atoms with E-state index >= 15 is 0 Å². The highest BCUT2D eigenvalue weighted by Gasteiger charge is 1.99. The Morgan fingerprint density at radius 2 is 1.44 bits per heavy atom. The van der Waals surface area contributed by atoms with Gasteiger partial charge in [-0.25, -0.2) is 0 Å².